The number of halogens is 5. The highest BCUT2D eigenvalue weighted by molar-refractivity contribution is 9.10. The van der Waals surface area contributed by atoms with E-state index < -0.39 is 23.6 Å². The highest BCUT2D eigenvalue weighted by atomic mass is 79.9. The van der Waals surface area contributed by atoms with Gasteiger partial charge < -0.3 is 5.73 Å². The van der Waals surface area contributed by atoms with E-state index in [4.69, 9.17) is 5.73 Å². The van der Waals surface area contributed by atoms with E-state index >= 15 is 0 Å². The maximum atomic E-state index is 13.8. The third kappa shape index (κ3) is 3.02. The number of benzene rings is 2. The van der Waals surface area contributed by atoms with Gasteiger partial charge in [-0.25, -0.2) is 4.39 Å². The van der Waals surface area contributed by atoms with Gasteiger partial charge in [0.15, 0.2) is 0 Å². The van der Waals surface area contributed by atoms with Gasteiger partial charge in [-0.2, -0.15) is 13.2 Å². The van der Waals surface area contributed by atoms with E-state index in [1.165, 1.54) is 24.3 Å². The van der Waals surface area contributed by atoms with Crippen LogP contribution in [0.4, 0.5) is 17.6 Å². The molecule has 0 aliphatic rings. The Balaban J connectivity index is 2.37. The third-order valence-electron chi connectivity index (χ3n) is 2.91. The van der Waals surface area contributed by atoms with Crippen LogP contribution in [-0.4, -0.2) is 0 Å². The summed E-state index contributed by atoms with van der Waals surface area (Å²) in [6, 6.07) is 7.94. The zero-order valence-corrected chi connectivity index (χ0v) is 11.7. The molecule has 2 aromatic carbocycles. The lowest BCUT2D eigenvalue weighted by Gasteiger charge is -2.16. The van der Waals surface area contributed by atoms with Crippen LogP contribution in [0.1, 0.15) is 22.7 Å². The van der Waals surface area contributed by atoms with Crippen molar-refractivity contribution in [1.82, 2.24) is 0 Å². The molecule has 0 bridgehead atoms. The summed E-state index contributed by atoms with van der Waals surface area (Å²) < 4.78 is 51.7. The molecular formula is C14H10BrF4N. The first kappa shape index (κ1) is 15.0. The van der Waals surface area contributed by atoms with Crippen molar-refractivity contribution >= 4 is 15.9 Å². The Bertz CT molecular complexity index is 587. The van der Waals surface area contributed by atoms with Crippen LogP contribution in [0.25, 0.3) is 0 Å². The molecule has 0 radical (unpaired) electrons. The molecule has 2 rings (SSSR count). The molecule has 0 fully saturated rings. The second-order valence-corrected chi connectivity index (χ2v) is 5.09. The molecule has 0 aromatic heterocycles. The molecule has 2 N–H and O–H groups in total. The first-order chi connectivity index (χ1) is 9.30. The molecule has 0 aliphatic heterocycles. The number of alkyl halides is 3. The van der Waals surface area contributed by atoms with Crippen molar-refractivity contribution in [3.05, 3.63) is 69.4 Å². The van der Waals surface area contributed by atoms with Crippen molar-refractivity contribution in [2.45, 2.75) is 12.2 Å². The van der Waals surface area contributed by atoms with Crippen molar-refractivity contribution in [3.8, 4) is 0 Å². The molecule has 20 heavy (non-hydrogen) atoms. The van der Waals surface area contributed by atoms with Crippen molar-refractivity contribution in [2.75, 3.05) is 0 Å². The average Bonchev–Trinajstić information content (AvgIpc) is 2.37. The van der Waals surface area contributed by atoms with Gasteiger partial charge >= 0.3 is 6.18 Å². The summed E-state index contributed by atoms with van der Waals surface area (Å²) in [7, 11) is 0. The van der Waals surface area contributed by atoms with Crippen LogP contribution in [0.5, 0.6) is 0 Å². The van der Waals surface area contributed by atoms with E-state index in [1.807, 2.05) is 0 Å². The number of hydrogen-bond donors (Lipinski definition) is 1. The second-order valence-electron chi connectivity index (χ2n) is 4.23. The molecule has 0 saturated carbocycles. The maximum Gasteiger partial charge on any atom is 0.416 e. The lowest BCUT2D eigenvalue weighted by molar-refractivity contribution is -0.137. The number of rotatable bonds is 2. The predicted octanol–water partition coefficient (Wildman–Crippen LogP) is 4.66. The highest BCUT2D eigenvalue weighted by Gasteiger charge is 2.30. The summed E-state index contributed by atoms with van der Waals surface area (Å²) in [5, 5.41) is 0. The maximum absolute atomic E-state index is 13.8. The molecule has 1 unspecified atom stereocenters. The highest BCUT2D eigenvalue weighted by Crippen LogP contribution is 2.32. The summed E-state index contributed by atoms with van der Waals surface area (Å²) >= 11 is 3.19. The standard InChI is InChI=1S/C14H10BrF4N/c15-10-2-1-3-11(16)12(10)13(20)8-4-6-9(7-5-8)14(17,18)19/h1-7,13H,20H2. The fourth-order valence-electron chi connectivity index (χ4n) is 1.85. The molecule has 0 heterocycles. The third-order valence-corrected chi connectivity index (χ3v) is 3.60. The molecule has 106 valence electrons. The lowest BCUT2D eigenvalue weighted by atomic mass is 9.98. The van der Waals surface area contributed by atoms with Gasteiger partial charge in [0, 0.05) is 10.0 Å². The van der Waals surface area contributed by atoms with Crippen LogP contribution in [0.2, 0.25) is 0 Å². The van der Waals surface area contributed by atoms with Crippen molar-refractivity contribution in [1.29, 1.82) is 0 Å². The number of nitrogens with two attached hydrogens (primary N) is 1. The smallest absolute Gasteiger partial charge is 0.320 e. The van der Waals surface area contributed by atoms with Crippen molar-refractivity contribution in [2.24, 2.45) is 5.73 Å². The van der Waals surface area contributed by atoms with Gasteiger partial charge in [-0.1, -0.05) is 34.1 Å². The van der Waals surface area contributed by atoms with Crippen LogP contribution < -0.4 is 5.73 Å². The molecule has 0 aliphatic carbocycles. The number of hydrogen-bond acceptors (Lipinski definition) is 1. The Labute approximate surface area is 121 Å². The minimum atomic E-state index is -4.40. The van der Waals surface area contributed by atoms with E-state index in [2.05, 4.69) is 15.9 Å². The van der Waals surface area contributed by atoms with E-state index in [9.17, 15) is 17.6 Å². The van der Waals surface area contributed by atoms with E-state index in [-0.39, 0.29) is 5.56 Å². The molecule has 0 spiro atoms. The fourth-order valence-corrected chi connectivity index (χ4v) is 2.44. The normalized spacial score (nSPS) is 13.3. The molecule has 1 nitrogen and oxygen atoms in total. The van der Waals surface area contributed by atoms with Crippen LogP contribution in [0, 0.1) is 5.82 Å². The Kier molecular flexibility index (Phi) is 4.15. The predicted molar refractivity (Wildman–Crippen MR) is 71.6 cm³/mol. The first-order valence-corrected chi connectivity index (χ1v) is 6.46. The van der Waals surface area contributed by atoms with Crippen LogP contribution in [0.3, 0.4) is 0 Å². The van der Waals surface area contributed by atoms with Gasteiger partial charge in [-0.3, -0.25) is 0 Å². The lowest BCUT2D eigenvalue weighted by Crippen LogP contribution is -2.15. The SMILES string of the molecule is NC(c1ccc(C(F)(F)F)cc1)c1c(F)cccc1Br. The molecule has 2 aromatic rings. The fraction of sp³-hybridized carbons (Fsp3) is 0.143. The van der Waals surface area contributed by atoms with Crippen LogP contribution >= 0.6 is 15.9 Å². The topological polar surface area (TPSA) is 26.0 Å². The summed E-state index contributed by atoms with van der Waals surface area (Å²) in [5.41, 5.74) is 5.78. The molecule has 1 atom stereocenters. The van der Waals surface area contributed by atoms with Gasteiger partial charge in [0.05, 0.1) is 11.6 Å². The van der Waals surface area contributed by atoms with Gasteiger partial charge in [0.1, 0.15) is 5.82 Å². The second kappa shape index (κ2) is 5.54. The summed E-state index contributed by atoms with van der Waals surface area (Å²) in [4.78, 5) is 0. The average molecular weight is 348 g/mol. The van der Waals surface area contributed by atoms with E-state index in [1.54, 1.807) is 6.07 Å². The quantitative estimate of drug-likeness (QED) is 0.786. The Morgan fingerprint density at radius 1 is 1.00 bits per heavy atom. The van der Waals surface area contributed by atoms with E-state index in [0.29, 0.717) is 10.0 Å². The van der Waals surface area contributed by atoms with Crippen molar-refractivity contribution in [3.63, 3.8) is 0 Å². The van der Waals surface area contributed by atoms with Crippen LogP contribution in [0.15, 0.2) is 46.9 Å². The summed E-state index contributed by atoms with van der Waals surface area (Å²) in [5.74, 6) is -0.508. The monoisotopic (exact) mass is 347 g/mol. The Hall–Kier alpha value is -1.40. The van der Waals surface area contributed by atoms with Crippen LogP contribution in [-0.2, 0) is 6.18 Å². The van der Waals surface area contributed by atoms with Gasteiger partial charge in [-0.15, -0.1) is 0 Å². The van der Waals surface area contributed by atoms with Crippen molar-refractivity contribution < 1.29 is 17.6 Å². The minimum absolute atomic E-state index is 0.215. The van der Waals surface area contributed by atoms with Gasteiger partial charge in [-0.05, 0) is 29.8 Å². The van der Waals surface area contributed by atoms with E-state index in [0.717, 1.165) is 12.1 Å². The molecule has 0 amide bonds. The molecular weight excluding hydrogens is 338 g/mol. The first-order valence-electron chi connectivity index (χ1n) is 5.67. The molecule has 6 heteroatoms. The zero-order chi connectivity index (χ0) is 14.9. The minimum Gasteiger partial charge on any atom is -0.320 e. The summed E-state index contributed by atoms with van der Waals surface area (Å²) in [6.07, 6.45) is -4.40. The van der Waals surface area contributed by atoms with Gasteiger partial charge in [0.25, 0.3) is 0 Å². The van der Waals surface area contributed by atoms with Gasteiger partial charge in [0.2, 0.25) is 0 Å². The molecule has 0 saturated heterocycles. The Morgan fingerprint density at radius 2 is 1.60 bits per heavy atom. The summed E-state index contributed by atoms with van der Waals surface area (Å²) in [6.45, 7) is 0. The zero-order valence-electron chi connectivity index (χ0n) is 10.1. The largest absolute Gasteiger partial charge is 0.416 e. The Morgan fingerprint density at radius 3 is 2.10 bits per heavy atom.